The number of alkyl halides is 2. The second kappa shape index (κ2) is 4.78. The van der Waals surface area contributed by atoms with Crippen LogP contribution in [0, 0.1) is 10.1 Å². The smallest absolute Gasteiger partial charge is 0.358 e. The molecule has 1 heterocycles. The molecule has 0 saturated carbocycles. The van der Waals surface area contributed by atoms with Gasteiger partial charge in [0.05, 0.1) is 5.56 Å². The van der Waals surface area contributed by atoms with Crippen LogP contribution in [0.15, 0.2) is 15.6 Å². The predicted molar refractivity (Wildman–Crippen MR) is 56.6 cm³/mol. The Morgan fingerprint density at radius 1 is 1.53 bits per heavy atom. The van der Waals surface area contributed by atoms with Crippen LogP contribution in [0.2, 0.25) is 0 Å². The third kappa shape index (κ3) is 2.87. The minimum absolute atomic E-state index is 0.406. The quantitative estimate of drug-likeness (QED) is 0.474. The third-order valence-corrected chi connectivity index (χ3v) is 4.04. The molecular formula is C6H2BrClF2N2O4S. The van der Waals surface area contributed by atoms with Crippen molar-refractivity contribution in [2.45, 2.75) is 11.3 Å². The molecular weight excluding hydrogens is 349 g/mol. The second-order valence-corrected chi connectivity index (χ2v) is 5.97. The summed E-state index contributed by atoms with van der Waals surface area (Å²) in [5.74, 6) is -0.909. The van der Waals surface area contributed by atoms with Crippen LogP contribution in [0.5, 0.6) is 0 Å². The van der Waals surface area contributed by atoms with Gasteiger partial charge in [0, 0.05) is 10.7 Å². The number of rotatable bonds is 3. The van der Waals surface area contributed by atoms with Gasteiger partial charge in [0.25, 0.3) is 15.5 Å². The van der Waals surface area contributed by atoms with Crippen LogP contribution in [-0.2, 0) is 9.05 Å². The van der Waals surface area contributed by atoms with Crippen LogP contribution in [0.25, 0.3) is 0 Å². The molecule has 0 amide bonds. The highest BCUT2D eigenvalue weighted by molar-refractivity contribution is 9.10. The lowest BCUT2D eigenvalue weighted by Crippen LogP contribution is -2.05. The van der Waals surface area contributed by atoms with Crippen LogP contribution >= 0.6 is 26.6 Å². The zero-order valence-electron chi connectivity index (χ0n) is 7.60. The first-order chi connectivity index (χ1) is 7.66. The van der Waals surface area contributed by atoms with Crippen molar-refractivity contribution < 1.29 is 22.1 Å². The predicted octanol–water partition coefficient (Wildman–Crippen LogP) is 2.62. The number of hydrogen-bond donors (Lipinski definition) is 0. The van der Waals surface area contributed by atoms with Crippen LogP contribution in [0.3, 0.4) is 0 Å². The zero-order valence-corrected chi connectivity index (χ0v) is 10.8. The molecule has 0 aromatic carbocycles. The van der Waals surface area contributed by atoms with E-state index in [9.17, 15) is 27.3 Å². The van der Waals surface area contributed by atoms with E-state index in [1.165, 1.54) is 0 Å². The van der Waals surface area contributed by atoms with Crippen LogP contribution < -0.4 is 0 Å². The van der Waals surface area contributed by atoms with Crippen molar-refractivity contribution in [1.82, 2.24) is 4.98 Å². The maximum absolute atomic E-state index is 12.5. The Kier molecular flexibility index (Phi) is 3.99. The molecule has 0 atom stereocenters. The number of nitrogens with zero attached hydrogens (tertiary/aromatic N) is 2. The SMILES string of the molecule is O=[N+]([O-])c1ncc(C(F)F)c(S(=O)(=O)Cl)c1Br. The molecule has 0 saturated heterocycles. The molecule has 0 N–H and O–H groups in total. The van der Waals surface area contributed by atoms with Gasteiger partial charge in [0.15, 0.2) is 6.20 Å². The third-order valence-electron chi connectivity index (χ3n) is 1.64. The van der Waals surface area contributed by atoms with Gasteiger partial charge in [-0.05, 0) is 25.8 Å². The molecule has 94 valence electrons. The van der Waals surface area contributed by atoms with Gasteiger partial charge in [-0.3, -0.25) is 0 Å². The summed E-state index contributed by atoms with van der Waals surface area (Å²) in [5.41, 5.74) is -1.00. The van der Waals surface area contributed by atoms with Gasteiger partial charge in [-0.1, -0.05) is 0 Å². The van der Waals surface area contributed by atoms with E-state index in [0.29, 0.717) is 6.20 Å². The monoisotopic (exact) mass is 350 g/mol. The number of nitro groups is 1. The van der Waals surface area contributed by atoms with E-state index in [4.69, 9.17) is 10.7 Å². The summed E-state index contributed by atoms with van der Waals surface area (Å²) in [6, 6.07) is 0. The normalized spacial score (nSPS) is 11.8. The van der Waals surface area contributed by atoms with Crippen molar-refractivity contribution in [3.8, 4) is 0 Å². The summed E-state index contributed by atoms with van der Waals surface area (Å²) in [7, 11) is 0.384. The summed E-state index contributed by atoms with van der Waals surface area (Å²) < 4.78 is 46.5. The van der Waals surface area contributed by atoms with E-state index >= 15 is 0 Å². The minimum Gasteiger partial charge on any atom is -0.358 e. The Labute approximate surface area is 106 Å². The molecule has 11 heteroatoms. The number of aromatic nitrogens is 1. The first kappa shape index (κ1) is 14.2. The van der Waals surface area contributed by atoms with Gasteiger partial charge in [0.1, 0.15) is 9.37 Å². The first-order valence-electron chi connectivity index (χ1n) is 3.72. The maximum Gasteiger partial charge on any atom is 0.379 e. The van der Waals surface area contributed by atoms with Crippen molar-refractivity contribution >= 4 is 41.5 Å². The van der Waals surface area contributed by atoms with Crippen LogP contribution in [0.4, 0.5) is 14.6 Å². The Hall–Kier alpha value is -0.870. The highest BCUT2D eigenvalue weighted by atomic mass is 79.9. The lowest BCUT2D eigenvalue weighted by molar-refractivity contribution is -0.390. The fourth-order valence-corrected chi connectivity index (χ4v) is 3.63. The Bertz CT molecular complexity index is 580. The van der Waals surface area contributed by atoms with Crippen molar-refractivity contribution in [2.24, 2.45) is 0 Å². The van der Waals surface area contributed by atoms with E-state index in [1.807, 2.05) is 0 Å². The Morgan fingerprint density at radius 2 is 2.06 bits per heavy atom. The fraction of sp³-hybridized carbons (Fsp3) is 0.167. The molecule has 0 radical (unpaired) electrons. The van der Waals surface area contributed by atoms with Crippen molar-refractivity contribution in [3.05, 3.63) is 26.3 Å². The minimum atomic E-state index is -4.56. The summed E-state index contributed by atoms with van der Waals surface area (Å²) in [5, 5.41) is 10.5. The molecule has 0 aliphatic heterocycles. The average Bonchev–Trinajstić information content (AvgIpc) is 2.14. The van der Waals surface area contributed by atoms with Crippen molar-refractivity contribution in [3.63, 3.8) is 0 Å². The van der Waals surface area contributed by atoms with Gasteiger partial charge < -0.3 is 10.1 Å². The van der Waals surface area contributed by atoms with E-state index < -0.39 is 41.1 Å². The van der Waals surface area contributed by atoms with Gasteiger partial charge >= 0.3 is 5.82 Å². The topological polar surface area (TPSA) is 90.2 Å². The van der Waals surface area contributed by atoms with Crippen LogP contribution in [-0.4, -0.2) is 18.3 Å². The number of hydrogen-bond acceptors (Lipinski definition) is 5. The summed E-state index contributed by atoms with van der Waals surface area (Å²) in [4.78, 5) is 11.5. The maximum atomic E-state index is 12.5. The van der Waals surface area contributed by atoms with Crippen molar-refractivity contribution in [1.29, 1.82) is 0 Å². The molecule has 1 aromatic rings. The van der Waals surface area contributed by atoms with Gasteiger partial charge in [-0.2, -0.15) is 0 Å². The first-order valence-corrected chi connectivity index (χ1v) is 6.82. The van der Waals surface area contributed by atoms with E-state index in [0.717, 1.165) is 0 Å². The lowest BCUT2D eigenvalue weighted by atomic mass is 10.3. The summed E-state index contributed by atoms with van der Waals surface area (Å²) in [6.45, 7) is 0. The second-order valence-electron chi connectivity index (χ2n) is 2.68. The summed E-state index contributed by atoms with van der Waals surface area (Å²) in [6.07, 6.45) is -2.77. The van der Waals surface area contributed by atoms with E-state index in [1.54, 1.807) is 0 Å². The molecule has 0 aliphatic rings. The molecule has 0 aliphatic carbocycles. The molecule has 0 unspecified atom stereocenters. The largest absolute Gasteiger partial charge is 0.379 e. The average molecular weight is 352 g/mol. The number of pyridine rings is 1. The Balaban J connectivity index is 3.72. The molecule has 1 aromatic heterocycles. The highest BCUT2D eigenvalue weighted by Crippen LogP contribution is 2.37. The van der Waals surface area contributed by atoms with E-state index in [2.05, 4.69) is 20.9 Å². The van der Waals surface area contributed by atoms with Crippen LogP contribution in [0.1, 0.15) is 12.0 Å². The van der Waals surface area contributed by atoms with Gasteiger partial charge in [-0.15, -0.1) is 0 Å². The molecule has 0 spiro atoms. The molecule has 17 heavy (non-hydrogen) atoms. The Morgan fingerprint density at radius 3 is 2.41 bits per heavy atom. The fourth-order valence-electron chi connectivity index (χ4n) is 1.00. The standard InChI is InChI=1S/C6H2BrClF2N2O4S/c7-3-4(17(8,15)16)2(5(9)10)1-11-6(3)12(13)14/h1,5H. The lowest BCUT2D eigenvalue weighted by Gasteiger charge is -2.06. The summed E-state index contributed by atoms with van der Waals surface area (Å²) >= 11 is 2.54. The van der Waals surface area contributed by atoms with Crippen molar-refractivity contribution in [2.75, 3.05) is 0 Å². The molecule has 0 fully saturated rings. The van der Waals surface area contributed by atoms with Gasteiger partial charge in [-0.25, -0.2) is 17.2 Å². The van der Waals surface area contributed by atoms with Gasteiger partial charge in [0.2, 0.25) is 0 Å². The zero-order chi connectivity index (χ0) is 13.4. The molecule has 0 bridgehead atoms. The molecule has 6 nitrogen and oxygen atoms in total. The van der Waals surface area contributed by atoms with E-state index in [-0.39, 0.29) is 0 Å². The molecule has 1 rings (SSSR count). The number of halogens is 4. The highest BCUT2D eigenvalue weighted by Gasteiger charge is 2.32.